The van der Waals surface area contributed by atoms with Gasteiger partial charge in [0.05, 0.1) is 19.8 Å². The normalized spacial score (nSPS) is 9.53. The van der Waals surface area contributed by atoms with Crippen molar-refractivity contribution < 1.29 is 19.1 Å². The van der Waals surface area contributed by atoms with E-state index in [0.717, 1.165) is 0 Å². The van der Waals surface area contributed by atoms with E-state index in [1.54, 1.807) is 0 Å². The van der Waals surface area contributed by atoms with Crippen LogP contribution in [0.2, 0.25) is 5.15 Å². The largest absolute Gasteiger partial charge is 0.465 e. The Morgan fingerprint density at radius 3 is 2.33 bits per heavy atom. The summed E-state index contributed by atoms with van der Waals surface area (Å²) in [6.45, 7) is 0. The highest BCUT2D eigenvalue weighted by molar-refractivity contribution is 6.29. The summed E-state index contributed by atoms with van der Waals surface area (Å²) in [6, 6.07) is 2.74. The number of hydrogen-bond donors (Lipinski definition) is 0. The lowest BCUT2D eigenvalue weighted by Crippen LogP contribution is -2.13. The third-order valence-electron chi connectivity index (χ3n) is 1.65. The van der Waals surface area contributed by atoms with Crippen LogP contribution in [-0.4, -0.2) is 31.1 Å². The first kappa shape index (κ1) is 11.5. The Balaban J connectivity index is 3.26. The minimum Gasteiger partial charge on any atom is -0.465 e. The van der Waals surface area contributed by atoms with Crippen molar-refractivity contribution in [1.82, 2.24) is 4.98 Å². The van der Waals surface area contributed by atoms with Gasteiger partial charge in [-0.25, -0.2) is 14.6 Å². The molecular formula is C9H8ClNO4. The predicted octanol–water partition coefficient (Wildman–Crippen LogP) is 1.31. The van der Waals surface area contributed by atoms with E-state index in [1.807, 2.05) is 0 Å². The van der Waals surface area contributed by atoms with Gasteiger partial charge in [0.2, 0.25) is 0 Å². The average molecular weight is 230 g/mol. The number of carbonyl (C=O) groups excluding carboxylic acids is 2. The molecule has 80 valence electrons. The van der Waals surface area contributed by atoms with Crippen LogP contribution in [0.5, 0.6) is 0 Å². The second-order valence-electron chi connectivity index (χ2n) is 2.51. The first-order chi connectivity index (χ1) is 7.10. The lowest BCUT2D eigenvalue weighted by atomic mass is 10.2. The molecule has 0 aliphatic heterocycles. The van der Waals surface area contributed by atoms with Crippen LogP contribution in [0, 0.1) is 0 Å². The molecule has 0 amide bonds. The van der Waals surface area contributed by atoms with Gasteiger partial charge in [0.1, 0.15) is 5.15 Å². The van der Waals surface area contributed by atoms with E-state index in [1.165, 1.54) is 26.4 Å². The van der Waals surface area contributed by atoms with Crippen LogP contribution >= 0.6 is 11.6 Å². The Morgan fingerprint density at radius 2 is 1.80 bits per heavy atom. The summed E-state index contributed by atoms with van der Waals surface area (Å²) in [5.41, 5.74) is -0.134. The van der Waals surface area contributed by atoms with Gasteiger partial charge in [0, 0.05) is 0 Å². The van der Waals surface area contributed by atoms with Crippen molar-refractivity contribution in [3.05, 3.63) is 28.5 Å². The van der Waals surface area contributed by atoms with Gasteiger partial charge in [0.15, 0.2) is 5.69 Å². The minimum absolute atomic E-state index is 0.0220. The van der Waals surface area contributed by atoms with Crippen LogP contribution in [0.25, 0.3) is 0 Å². The molecule has 6 heteroatoms. The van der Waals surface area contributed by atoms with E-state index in [4.69, 9.17) is 11.6 Å². The highest BCUT2D eigenvalue weighted by atomic mass is 35.5. The van der Waals surface area contributed by atoms with Gasteiger partial charge < -0.3 is 9.47 Å². The molecule has 0 atom stereocenters. The van der Waals surface area contributed by atoms with Crippen LogP contribution in [0.3, 0.4) is 0 Å². The third-order valence-corrected chi connectivity index (χ3v) is 1.86. The molecule has 1 aromatic heterocycles. The zero-order valence-corrected chi connectivity index (χ0v) is 8.87. The van der Waals surface area contributed by atoms with Crippen molar-refractivity contribution in [2.45, 2.75) is 0 Å². The maximum absolute atomic E-state index is 11.3. The quantitative estimate of drug-likeness (QED) is 0.565. The molecule has 0 fully saturated rings. The van der Waals surface area contributed by atoms with Gasteiger partial charge in [-0.3, -0.25) is 0 Å². The minimum atomic E-state index is -0.738. The second kappa shape index (κ2) is 4.75. The summed E-state index contributed by atoms with van der Waals surface area (Å²) < 4.78 is 8.94. The summed E-state index contributed by atoms with van der Waals surface area (Å²) in [4.78, 5) is 26.2. The van der Waals surface area contributed by atoms with E-state index in [9.17, 15) is 9.59 Å². The molecule has 0 N–H and O–H groups in total. The first-order valence-electron chi connectivity index (χ1n) is 3.93. The van der Waals surface area contributed by atoms with Gasteiger partial charge in [0.25, 0.3) is 0 Å². The first-order valence-corrected chi connectivity index (χ1v) is 4.31. The van der Waals surface area contributed by atoms with Crippen molar-refractivity contribution in [3.63, 3.8) is 0 Å². The number of nitrogens with zero attached hydrogens (tertiary/aromatic N) is 1. The molecule has 5 nitrogen and oxygen atoms in total. The summed E-state index contributed by atoms with van der Waals surface area (Å²) in [5.74, 6) is -1.41. The fourth-order valence-corrected chi connectivity index (χ4v) is 1.11. The van der Waals surface area contributed by atoms with Crippen molar-refractivity contribution >= 4 is 23.5 Å². The molecule has 0 aromatic carbocycles. The molecule has 1 aromatic rings. The molecule has 0 spiro atoms. The Bertz CT molecular complexity index is 405. The number of halogens is 1. The van der Waals surface area contributed by atoms with Gasteiger partial charge in [-0.2, -0.15) is 0 Å². The summed E-state index contributed by atoms with van der Waals surface area (Å²) in [7, 11) is 2.39. The monoisotopic (exact) mass is 229 g/mol. The zero-order chi connectivity index (χ0) is 11.4. The predicted molar refractivity (Wildman–Crippen MR) is 51.9 cm³/mol. The van der Waals surface area contributed by atoms with Gasteiger partial charge in [-0.15, -0.1) is 0 Å². The van der Waals surface area contributed by atoms with Crippen LogP contribution in [0.1, 0.15) is 20.8 Å². The molecule has 0 unspecified atom stereocenters. The Kier molecular flexibility index (Phi) is 3.62. The standard InChI is InChI=1S/C9H8ClNO4/c1-14-8(12)5-3-4-6(10)11-7(5)9(13)15-2/h3-4H,1-2H3. The SMILES string of the molecule is COC(=O)c1ccc(Cl)nc1C(=O)OC. The lowest BCUT2D eigenvalue weighted by Gasteiger charge is -2.04. The van der Waals surface area contributed by atoms with Crippen molar-refractivity contribution in [2.24, 2.45) is 0 Å². The lowest BCUT2D eigenvalue weighted by molar-refractivity contribution is 0.0550. The molecule has 0 aliphatic carbocycles. The van der Waals surface area contributed by atoms with E-state index in [-0.39, 0.29) is 16.4 Å². The fourth-order valence-electron chi connectivity index (χ4n) is 0.962. The molecule has 0 aliphatic rings. The van der Waals surface area contributed by atoms with E-state index in [0.29, 0.717) is 0 Å². The number of methoxy groups -OCH3 is 2. The Morgan fingerprint density at radius 1 is 1.20 bits per heavy atom. The van der Waals surface area contributed by atoms with Crippen molar-refractivity contribution in [3.8, 4) is 0 Å². The molecule has 0 saturated heterocycles. The van der Waals surface area contributed by atoms with Crippen molar-refractivity contribution in [2.75, 3.05) is 14.2 Å². The summed E-state index contributed by atoms with van der Waals surface area (Å²) in [6.07, 6.45) is 0. The van der Waals surface area contributed by atoms with Gasteiger partial charge in [-0.1, -0.05) is 11.6 Å². The average Bonchev–Trinajstić information content (AvgIpc) is 2.26. The molecule has 0 radical (unpaired) electrons. The number of aromatic nitrogens is 1. The Hall–Kier alpha value is -1.62. The van der Waals surface area contributed by atoms with E-state index >= 15 is 0 Å². The van der Waals surface area contributed by atoms with E-state index < -0.39 is 11.9 Å². The number of ether oxygens (including phenoxy) is 2. The van der Waals surface area contributed by atoms with Crippen LogP contribution in [0.15, 0.2) is 12.1 Å². The number of hydrogen-bond acceptors (Lipinski definition) is 5. The molecular weight excluding hydrogens is 222 g/mol. The topological polar surface area (TPSA) is 65.5 Å². The molecule has 0 bridgehead atoms. The van der Waals surface area contributed by atoms with Crippen LogP contribution < -0.4 is 0 Å². The zero-order valence-electron chi connectivity index (χ0n) is 8.11. The molecule has 0 saturated carbocycles. The van der Waals surface area contributed by atoms with Crippen molar-refractivity contribution in [1.29, 1.82) is 0 Å². The highest BCUT2D eigenvalue weighted by Gasteiger charge is 2.20. The molecule has 1 heterocycles. The summed E-state index contributed by atoms with van der Waals surface area (Å²) in [5, 5.41) is 0.100. The number of pyridine rings is 1. The van der Waals surface area contributed by atoms with Crippen LogP contribution in [-0.2, 0) is 9.47 Å². The molecule has 1 rings (SSSR count). The Labute approximate surface area is 91.0 Å². The number of carbonyl (C=O) groups is 2. The maximum atomic E-state index is 11.3. The van der Waals surface area contributed by atoms with Gasteiger partial charge >= 0.3 is 11.9 Å². The highest BCUT2D eigenvalue weighted by Crippen LogP contribution is 2.13. The van der Waals surface area contributed by atoms with Gasteiger partial charge in [-0.05, 0) is 12.1 Å². The number of esters is 2. The maximum Gasteiger partial charge on any atom is 0.357 e. The number of rotatable bonds is 2. The van der Waals surface area contributed by atoms with E-state index in [2.05, 4.69) is 14.5 Å². The van der Waals surface area contributed by atoms with Crippen LogP contribution in [0.4, 0.5) is 0 Å². The fraction of sp³-hybridized carbons (Fsp3) is 0.222. The second-order valence-corrected chi connectivity index (χ2v) is 2.90. The molecule has 15 heavy (non-hydrogen) atoms. The smallest absolute Gasteiger partial charge is 0.357 e. The summed E-state index contributed by atoms with van der Waals surface area (Å²) >= 11 is 5.59. The third kappa shape index (κ3) is 2.44.